The fourth-order valence-corrected chi connectivity index (χ4v) is 3.22. The summed E-state index contributed by atoms with van der Waals surface area (Å²) in [6.07, 6.45) is 4.59. The SMILES string of the molecule is CN(Cc1nc(N2CCOCC2)c2ncn(C)c2n1)Cc1ccncc1F. The van der Waals surface area contributed by atoms with Gasteiger partial charge in [0.2, 0.25) is 0 Å². The first-order valence-corrected chi connectivity index (χ1v) is 8.89. The van der Waals surface area contributed by atoms with Gasteiger partial charge in [0.05, 0.1) is 32.3 Å². The van der Waals surface area contributed by atoms with Gasteiger partial charge in [-0.3, -0.25) is 9.88 Å². The molecule has 0 spiro atoms. The van der Waals surface area contributed by atoms with Crippen molar-refractivity contribution in [3.63, 3.8) is 0 Å². The Hall–Kier alpha value is -2.65. The van der Waals surface area contributed by atoms with Crippen LogP contribution in [0.4, 0.5) is 10.2 Å². The normalized spacial score (nSPS) is 15.0. The number of rotatable bonds is 5. The van der Waals surface area contributed by atoms with Crippen LogP contribution in [0, 0.1) is 5.82 Å². The molecule has 3 aromatic heterocycles. The van der Waals surface area contributed by atoms with E-state index in [1.807, 2.05) is 23.6 Å². The number of hydrogen-bond donors (Lipinski definition) is 0. The Kier molecular flexibility index (Phi) is 4.95. The summed E-state index contributed by atoms with van der Waals surface area (Å²) in [6.45, 7) is 3.86. The van der Waals surface area contributed by atoms with Crippen LogP contribution in [0.1, 0.15) is 11.4 Å². The number of halogens is 1. The fraction of sp³-hybridized carbons (Fsp3) is 0.444. The molecule has 0 aliphatic carbocycles. The molecule has 1 aliphatic heterocycles. The summed E-state index contributed by atoms with van der Waals surface area (Å²) in [6, 6.07) is 1.69. The highest BCUT2D eigenvalue weighted by atomic mass is 19.1. The maximum atomic E-state index is 13.9. The van der Waals surface area contributed by atoms with E-state index in [-0.39, 0.29) is 5.82 Å². The van der Waals surface area contributed by atoms with E-state index in [4.69, 9.17) is 9.72 Å². The lowest BCUT2D eigenvalue weighted by molar-refractivity contribution is 0.122. The van der Waals surface area contributed by atoms with Gasteiger partial charge in [0, 0.05) is 38.4 Å². The first kappa shape index (κ1) is 17.7. The number of imidazole rings is 1. The van der Waals surface area contributed by atoms with Crippen LogP contribution < -0.4 is 4.90 Å². The minimum atomic E-state index is -0.304. The Bertz CT molecular complexity index is 939. The molecule has 0 radical (unpaired) electrons. The van der Waals surface area contributed by atoms with Crippen molar-refractivity contribution in [2.24, 2.45) is 7.05 Å². The number of nitrogens with zero attached hydrogens (tertiary/aromatic N) is 7. The Morgan fingerprint density at radius 2 is 2.04 bits per heavy atom. The minimum absolute atomic E-state index is 0.304. The lowest BCUT2D eigenvalue weighted by Crippen LogP contribution is -2.37. The summed E-state index contributed by atoms with van der Waals surface area (Å²) in [4.78, 5) is 21.9. The monoisotopic (exact) mass is 371 g/mol. The van der Waals surface area contributed by atoms with Gasteiger partial charge >= 0.3 is 0 Å². The number of anilines is 1. The smallest absolute Gasteiger partial charge is 0.165 e. The third-order valence-corrected chi connectivity index (χ3v) is 4.61. The average molecular weight is 371 g/mol. The molecule has 0 atom stereocenters. The molecule has 3 aromatic rings. The highest BCUT2D eigenvalue weighted by molar-refractivity contribution is 5.83. The van der Waals surface area contributed by atoms with Crippen LogP contribution in [0.25, 0.3) is 11.2 Å². The van der Waals surface area contributed by atoms with Crippen molar-refractivity contribution in [2.45, 2.75) is 13.1 Å². The number of hydrogen-bond acceptors (Lipinski definition) is 7. The first-order chi connectivity index (χ1) is 13.1. The van der Waals surface area contributed by atoms with E-state index in [2.05, 4.69) is 19.9 Å². The van der Waals surface area contributed by atoms with Gasteiger partial charge < -0.3 is 14.2 Å². The molecule has 1 fully saturated rings. The zero-order chi connectivity index (χ0) is 18.8. The molecule has 1 aliphatic rings. The lowest BCUT2D eigenvalue weighted by atomic mass is 10.2. The van der Waals surface area contributed by atoms with Crippen LogP contribution in [0.15, 0.2) is 24.8 Å². The number of fused-ring (bicyclic) bond motifs is 1. The third-order valence-electron chi connectivity index (χ3n) is 4.61. The van der Waals surface area contributed by atoms with Crippen LogP contribution in [0.5, 0.6) is 0 Å². The number of aryl methyl sites for hydroxylation is 1. The molecule has 0 bridgehead atoms. The van der Waals surface area contributed by atoms with E-state index < -0.39 is 0 Å². The molecule has 27 heavy (non-hydrogen) atoms. The quantitative estimate of drug-likeness (QED) is 0.671. The Morgan fingerprint density at radius 1 is 1.22 bits per heavy atom. The van der Waals surface area contributed by atoms with E-state index in [9.17, 15) is 4.39 Å². The highest BCUT2D eigenvalue weighted by Crippen LogP contribution is 2.23. The third kappa shape index (κ3) is 3.74. The number of aromatic nitrogens is 5. The van der Waals surface area contributed by atoms with E-state index in [0.29, 0.717) is 37.7 Å². The van der Waals surface area contributed by atoms with Gasteiger partial charge in [-0.25, -0.2) is 19.3 Å². The number of morpholine rings is 1. The molecule has 8 nitrogen and oxygen atoms in total. The molecule has 9 heteroatoms. The van der Waals surface area contributed by atoms with Gasteiger partial charge in [-0.15, -0.1) is 0 Å². The zero-order valence-corrected chi connectivity index (χ0v) is 15.5. The van der Waals surface area contributed by atoms with Crippen LogP contribution in [0.3, 0.4) is 0 Å². The van der Waals surface area contributed by atoms with Crippen molar-refractivity contribution in [1.29, 1.82) is 0 Å². The van der Waals surface area contributed by atoms with Gasteiger partial charge in [-0.2, -0.15) is 0 Å². The van der Waals surface area contributed by atoms with Crippen LogP contribution in [-0.4, -0.2) is 62.8 Å². The van der Waals surface area contributed by atoms with Crippen molar-refractivity contribution < 1.29 is 9.13 Å². The highest BCUT2D eigenvalue weighted by Gasteiger charge is 2.20. The Morgan fingerprint density at radius 3 is 2.81 bits per heavy atom. The Labute approximate surface area is 156 Å². The predicted octanol–water partition coefficient (Wildman–Crippen LogP) is 1.37. The van der Waals surface area contributed by atoms with Crippen molar-refractivity contribution in [2.75, 3.05) is 38.3 Å². The topological polar surface area (TPSA) is 72.2 Å². The first-order valence-electron chi connectivity index (χ1n) is 8.89. The van der Waals surface area contributed by atoms with Gasteiger partial charge in [-0.1, -0.05) is 0 Å². The molecule has 4 rings (SSSR count). The second-order valence-corrected chi connectivity index (χ2v) is 6.73. The molecular weight excluding hydrogens is 349 g/mol. The van der Waals surface area contributed by atoms with Crippen molar-refractivity contribution in [3.05, 3.63) is 42.0 Å². The predicted molar refractivity (Wildman–Crippen MR) is 98.7 cm³/mol. The summed E-state index contributed by atoms with van der Waals surface area (Å²) in [7, 11) is 3.84. The number of ether oxygens (including phenoxy) is 1. The summed E-state index contributed by atoms with van der Waals surface area (Å²) in [5, 5.41) is 0. The van der Waals surface area contributed by atoms with E-state index in [1.165, 1.54) is 6.20 Å². The fourth-order valence-electron chi connectivity index (χ4n) is 3.22. The van der Waals surface area contributed by atoms with Gasteiger partial charge in [-0.05, 0) is 13.1 Å². The maximum Gasteiger partial charge on any atom is 0.165 e. The summed E-state index contributed by atoms with van der Waals surface area (Å²) in [5.41, 5.74) is 2.19. The van der Waals surface area contributed by atoms with Gasteiger partial charge in [0.1, 0.15) is 11.6 Å². The number of pyridine rings is 1. The molecule has 0 saturated carbocycles. The zero-order valence-electron chi connectivity index (χ0n) is 15.5. The van der Waals surface area contributed by atoms with Gasteiger partial charge in [0.25, 0.3) is 0 Å². The molecule has 4 heterocycles. The molecule has 1 saturated heterocycles. The van der Waals surface area contributed by atoms with Crippen molar-refractivity contribution in [1.82, 2.24) is 29.4 Å². The van der Waals surface area contributed by atoms with Crippen molar-refractivity contribution >= 4 is 17.0 Å². The second kappa shape index (κ2) is 7.53. The van der Waals surface area contributed by atoms with Gasteiger partial charge in [0.15, 0.2) is 17.0 Å². The summed E-state index contributed by atoms with van der Waals surface area (Å²) in [5.74, 6) is 1.22. The maximum absolute atomic E-state index is 13.9. The molecule has 0 N–H and O–H groups in total. The van der Waals surface area contributed by atoms with E-state index in [1.54, 1.807) is 18.6 Å². The van der Waals surface area contributed by atoms with E-state index >= 15 is 0 Å². The molecule has 0 aromatic carbocycles. The minimum Gasteiger partial charge on any atom is -0.378 e. The van der Waals surface area contributed by atoms with Crippen molar-refractivity contribution in [3.8, 4) is 0 Å². The van der Waals surface area contributed by atoms with Crippen LogP contribution in [0.2, 0.25) is 0 Å². The molecule has 142 valence electrons. The van der Waals surface area contributed by atoms with E-state index in [0.717, 1.165) is 30.1 Å². The average Bonchev–Trinajstić information content (AvgIpc) is 3.05. The summed E-state index contributed by atoms with van der Waals surface area (Å²) < 4.78 is 21.2. The second-order valence-electron chi connectivity index (χ2n) is 6.73. The Balaban J connectivity index is 1.61. The molecule has 0 amide bonds. The molecule has 0 unspecified atom stereocenters. The lowest BCUT2D eigenvalue weighted by Gasteiger charge is -2.28. The van der Waals surface area contributed by atoms with Crippen LogP contribution >= 0.6 is 0 Å². The molecular formula is C18H22FN7O. The van der Waals surface area contributed by atoms with Crippen LogP contribution in [-0.2, 0) is 24.9 Å². The standard InChI is InChI=1S/C18H22FN7O/c1-24(10-13-3-4-20-9-14(13)19)11-15-22-17-16(21-12-25(17)2)18(23-15)26-5-7-27-8-6-26/h3-4,9,12H,5-8,10-11H2,1-2H3. The summed E-state index contributed by atoms with van der Waals surface area (Å²) >= 11 is 0. The largest absolute Gasteiger partial charge is 0.378 e.